The largest absolute Gasteiger partial charge is 0.506 e. The summed E-state index contributed by atoms with van der Waals surface area (Å²) in [6, 6.07) is 18.3. The van der Waals surface area contributed by atoms with Gasteiger partial charge in [-0.15, -0.1) is 0 Å². The summed E-state index contributed by atoms with van der Waals surface area (Å²) in [4.78, 5) is 23.7. The van der Waals surface area contributed by atoms with Gasteiger partial charge in [-0.2, -0.15) is 0 Å². The molecule has 0 bridgehead atoms. The Morgan fingerprint density at radius 3 is 1.87 bits per heavy atom. The fourth-order valence-corrected chi connectivity index (χ4v) is 2.55. The third-order valence-corrected chi connectivity index (χ3v) is 4.15. The molecule has 0 aliphatic carbocycles. The molecule has 0 radical (unpaired) electrons. The van der Waals surface area contributed by atoms with E-state index in [1.807, 2.05) is 0 Å². The third-order valence-electron chi connectivity index (χ3n) is 4.15. The minimum absolute atomic E-state index is 0. The Bertz CT molecular complexity index is 997. The monoisotopic (exact) mass is 408 g/mol. The normalized spacial score (nSPS) is 9.53. The van der Waals surface area contributed by atoms with Gasteiger partial charge in [-0.25, -0.2) is 0 Å². The quantitative estimate of drug-likeness (QED) is 0.266. The lowest BCUT2D eigenvalue weighted by atomic mass is 10.1. The first kappa shape index (κ1) is 24.2. The van der Waals surface area contributed by atoms with Crippen molar-refractivity contribution in [1.82, 2.24) is 0 Å². The highest BCUT2D eigenvalue weighted by atomic mass is 16.5. The van der Waals surface area contributed by atoms with Gasteiger partial charge in [0.25, 0.3) is 5.91 Å². The number of hydrogen-bond acceptors (Lipinski definition) is 5. The molecule has 0 unspecified atom stereocenters. The number of nitrogens with one attached hydrogen (secondary N) is 2. The number of rotatable bonds is 6. The highest BCUT2D eigenvalue weighted by Crippen LogP contribution is 2.27. The summed E-state index contributed by atoms with van der Waals surface area (Å²) in [5.41, 5.74) is 2.13. The van der Waals surface area contributed by atoms with Crippen LogP contribution in [-0.2, 0) is 0 Å². The van der Waals surface area contributed by atoms with Crippen molar-refractivity contribution in [3.05, 3.63) is 77.9 Å². The van der Waals surface area contributed by atoms with Gasteiger partial charge >= 0.3 is 0 Å². The van der Waals surface area contributed by atoms with Gasteiger partial charge in [0.05, 0.1) is 5.69 Å². The second-order valence-electron chi connectivity index (χ2n) is 6.14. The molecule has 0 fully saturated rings. The molecule has 0 atom stereocenters. The van der Waals surface area contributed by atoms with E-state index in [9.17, 15) is 14.7 Å². The van der Waals surface area contributed by atoms with Gasteiger partial charge in [0, 0.05) is 23.9 Å². The predicted molar refractivity (Wildman–Crippen MR) is 122 cm³/mol. The van der Waals surface area contributed by atoms with Crippen LogP contribution < -0.4 is 15.4 Å². The van der Waals surface area contributed by atoms with Crippen LogP contribution in [0.2, 0.25) is 0 Å². The molecule has 3 aromatic carbocycles. The van der Waals surface area contributed by atoms with E-state index in [1.165, 1.54) is 13.0 Å². The molecular weight excluding hydrogens is 380 g/mol. The number of aromatic hydroxyl groups is 1. The summed E-state index contributed by atoms with van der Waals surface area (Å²) in [5.74, 6) is 0.790. The van der Waals surface area contributed by atoms with Crippen molar-refractivity contribution in [2.45, 2.75) is 21.8 Å². The van der Waals surface area contributed by atoms with Gasteiger partial charge in [0.1, 0.15) is 17.2 Å². The lowest BCUT2D eigenvalue weighted by Crippen LogP contribution is -2.12. The van der Waals surface area contributed by atoms with Crippen molar-refractivity contribution in [1.29, 1.82) is 0 Å². The van der Waals surface area contributed by atoms with E-state index in [4.69, 9.17) is 4.74 Å². The topological polar surface area (TPSA) is 87.7 Å². The molecular formula is C24H28N2O4. The lowest BCUT2D eigenvalue weighted by molar-refractivity contribution is 0.101. The molecule has 158 valence electrons. The van der Waals surface area contributed by atoms with E-state index < -0.39 is 0 Å². The first-order valence-corrected chi connectivity index (χ1v) is 8.67. The third kappa shape index (κ3) is 5.85. The van der Waals surface area contributed by atoms with Crippen LogP contribution in [0.4, 0.5) is 11.4 Å². The Morgan fingerprint density at radius 2 is 1.37 bits per heavy atom. The number of ketones is 1. The van der Waals surface area contributed by atoms with Crippen LogP contribution in [-0.4, -0.2) is 23.8 Å². The molecule has 6 nitrogen and oxygen atoms in total. The second-order valence-corrected chi connectivity index (χ2v) is 6.14. The zero-order valence-corrected chi connectivity index (χ0v) is 15.5. The Kier molecular flexibility index (Phi) is 8.62. The van der Waals surface area contributed by atoms with E-state index in [2.05, 4.69) is 10.6 Å². The highest BCUT2D eigenvalue weighted by Gasteiger charge is 2.10. The van der Waals surface area contributed by atoms with Gasteiger partial charge in [-0.05, 0) is 73.7 Å². The minimum Gasteiger partial charge on any atom is -0.506 e. The minimum atomic E-state index is -0.346. The maximum atomic E-state index is 12.4. The lowest BCUT2D eigenvalue weighted by Gasteiger charge is -2.10. The Labute approximate surface area is 177 Å². The van der Waals surface area contributed by atoms with E-state index in [1.54, 1.807) is 67.7 Å². The van der Waals surface area contributed by atoms with Crippen molar-refractivity contribution in [2.75, 3.05) is 17.7 Å². The smallest absolute Gasteiger partial charge is 0.255 e. The number of phenolic OH excluding ortho intramolecular Hbond substituents is 1. The molecule has 3 rings (SSSR count). The summed E-state index contributed by atoms with van der Waals surface area (Å²) in [6.07, 6.45) is 0. The van der Waals surface area contributed by atoms with Crippen LogP contribution in [0.25, 0.3) is 0 Å². The number of benzene rings is 3. The molecule has 30 heavy (non-hydrogen) atoms. The van der Waals surface area contributed by atoms with Gasteiger partial charge in [0.15, 0.2) is 5.78 Å². The highest BCUT2D eigenvalue weighted by molar-refractivity contribution is 6.05. The number of amides is 1. The van der Waals surface area contributed by atoms with Gasteiger partial charge in [-0.1, -0.05) is 14.9 Å². The molecule has 0 aliphatic rings. The fourth-order valence-electron chi connectivity index (χ4n) is 2.55. The van der Waals surface area contributed by atoms with E-state index >= 15 is 0 Å². The van der Waals surface area contributed by atoms with Crippen LogP contribution in [0.15, 0.2) is 66.7 Å². The summed E-state index contributed by atoms with van der Waals surface area (Å²) in [6.45, 7) is 1.51. The number of carbonyl (C=O) groups excluding carboxylic acids is 2. The van der Waals surface area contributed by atoms with E-state index in [-0.39, 0.29) is 32.3 Å². The molecule has 3 aromatic rings. The predicted octanol–water partition coefficient (Wildman–Crippen LogP) is 5.95. The summed E-state index contributed by atoms with van der Waals surface area (Å²) in [7, 11) is 1.75. The van der Waals surface area contributed by atoms with Crippen molar-refractivity contribution in [3.63, 3.8) is 0 Å². The fraction of sp³-hybridized carbons (Fsp3) is 0.167. The van der Waals surface area contributed by atoms with E-state index in [0.717, 1.165) is 5.69 Å². The Morgan fingerprint density at radius 1 is 0.833 bits per heavy atom. The molecule has 0 saturated heterocycles. The Balaban J connectivity index is 0.00000225. The van der Waals surface area contributed by atoms with Crippen molar-refractivity contribution >= 4 is 23.1 Å². The van der Waals surface area contributed by atoms with Gasteiger partial charge in [-0.3, -0.25) is 9.59 Å². The maximum Gasteiger partial charge on any atom is 0.255 e. The maximum absolute atomic E-state index is 12.4. The van der Waals surface area contributed by atoms with Gasteiger partial charge in [0.2, 0.25) is 0 Å². The number of hydrogen-bond donors (Lipinski definition) is 3. The van der Waals surface area contributed by atoms with Crippen molar-refractivity contribution in [3.8, 4) is 17.2 Å². The molecule has 3 N–H and O–H groups in total. The number of carbonyl (C=O) groups is 2. The molecule has 0 saturated carbocycles. The van der Waals surface area contributed by atoms with Crippen LogP contribution in [0.5, 0.6) is 17.2 Å². The molecule has 6 heteroatoms. The molecule has 0 heterocycles. The number of ether oxygens (including phenoxy) is 1. The summed E-state index contributed by atoms with van der Waals surface area (Å²) in [5, 5.41) is 15.5. The standard InChI is InChI=1S/C22H20N2O4.2CH4/c1-14(25)15-3-8-18(9-4-15)28-19-10-5-16(6-11-19)22(27)24-20-13-17(23-2)7-12-21(20)26;;/h3-13,23,26H,1-2H3,(H,24,27);2*1H4. The number of phenols is 1. The molecule has 0 aromatic heterocycles. The SMILES string of the molecule is C.C.CNc1ccc(O)c(NC(=O)c2ccc(Oc3ccc(C(C)=O)cc3)cc2)c1. The molecule has 0 aliphatic heterocycles. The van der Waals surface area contributed by atoms with Crippen LogP contribution in [0.3, 0.4) is 0 Å². The number of Topliss-reactive ketones (excluding diaryl/α,β-unsaturated/α-hetero) is 1. The molecule has 1 amide bonds. The average Bonchev–Trinajstić information content (AvgIpc) is 2.70. The van der Waals surface area contributed by atoms with Crippen LogP contribution in [0.1, 0.15) is 42.5 Å². The van der Waals surface area contributed by atoms with Crippen molar-refractivity contribution in [2.24, 2.45) is 0 Å². The van der Waals surface area contributed by atoms with Crippen LogP contribution in [0, 0.1) is 0 Å². The zero-order valence-electron chi connectivity index (χ0n) is 15.5. The number of anilines is 2. The summed E-state index contributed by atoms with van der Waals surface area (Å²) >= 11 is 0. The van der Waals surface area contributed by atoms with Crippen LogP contribution >= 0.6 is 0 Å². The molecule has 0 spiro atoms. The first-order chi connectivity index (χ1) is 13.5. The average molecular weight is 408 g/mol. The van der Waals surface area contributed by atoms with E-state index in [0.29, 0.717) is 28.3 Å². The second kappa shape index (κ2) is 10.7. The first-order valence-electron chi connectivity index (χ1n) is 8.67. The van der Waals surface area contributed by atoms with Gasteiger partial charge < -0.3 is 20.5 Å². The zero-order chi connectivity index (χ0) is 20.1. The van der Waals surface area contributed by atoms with Crippen molar-refractivity contribution < 1.29 is 19.4 Å². The summed E-state index contributed by atoms with van der Waals surface area (Å²) < 4.78 is 5.72. The Hall–Kier alpha value is -3.80.